The van der Waals surface area contributed by atoms with E-state index in [1.165, 1.54) is 19.2 Å². The van der Waals surface area contributed by atoms with Crippen molar-refractivity contribution in [3.8, 4) is 5.69 Å². The number of carboxylic acids is 1. The van der Waals surface area contributed by atoms with Gasteiger partial charge in [-0.15, -0.1) is 0 Å². The van der Waals surface area contributed by atoms with E-state index >= 15 is 0 Å². The zero-order valence-corrected chi connectivity index (χ0v) is 15.8. The highest BCUT2D eigenvalue weighted by Crippen LogP contribution is 2.24. The summed E-state index contributed by atoms with van der Waals surface area (Å²) in [6.45, 7) is 3.91. The van der Waals surface area contributed by atoms with E-state index in [9.17, 15) is 9.59 Å². The maximum atomic E-state index is 12.1. The molecular formula is C22H20N2O4. The van der Waals surface area contributed by atoms with Crippen LogP contribution in [-0.4, -0.2) is 34.9 Å². The molecule has 3 rings (SSSR count). The van der Waals surface area contributed by atoms with Crippen LogP contribution in [0.1, 0.15) is 37.7 Å². The van der Waals surface area contributed by atoms with Gasteiger partial charge < -0.3 is 14.4 Å². The van der Waals surface area contributed by atoms with Gasteiger partial charge in [0.25, 0.3) is 0 Å². The summed E-state index contributed by atoms with van der Waals surface area (Å²) in [6, 6.07) is 15.6. The number of nitrogens with zero attached hydrogens (tertiary/aromatic N) is 2. The van der Waals surface area contributed by atoms with Crippen molar-refractivity contribution in [1.29, 1.82) is 0 Å². The average molecular weight is 376 g/mol. The van der Waals surface area contributed by atoms with Gasteiger partial charge in [0.2, 0.25) is 0 Å². The molecule has 28 heavy (non-hydrogen) atoms. The van der Waals surface area contributed by atoms with Crippen LogP contribution in [0.15, 0.2) is 59.6 Å². The van der Waals surface area contributed by atoms with E-state index in [2.05, 4.69) is 4.99 Å². The third-order valence-electron chi connectivity index (χ3n) is 4.49. The van der Waals surface area contributed by atoms with Crippen LogP contribution >= 0.6 is 0 Å². The SMILES string of the molecule is COC(=O)c1ccccc1-n1c(C)cc(C=Nc2ccc(C(=O)O)cc2)c1C. The fourth-order valence-corrected chi connectivity index (χ4v) is 3.07. The molecular weight excluding hydrogens is 356 g/mol. The fourth-order valence-electron chi connectivity index (χ4n) is 3.07. The number of para-hydroxylation sites is 1. The fraction of sp³-hybridized carbons (Fsp3) is 0.136. The molecule has 1 N–H and O–H groups in total. The Hall–Kier alpha value is -3.67. The van der Waals surface area contributed by atoms with Gasteiger partial charge in [-0.25, -0.2) is 9.59 Å². The Morgan fingerprint density at radius 2 is 1.75 bits per heavy atom. The standard InChI is InChI=1S/C22H20N2O4/c1-14-12-17(13-23-18-10-8-16(9-11-18)21(25)26)15(2)24(14)20-7-5-4-6-19(20)22(27)28-3/h4-13H,1-3H3,(H,25,26). The summed E-state index contributed by atoms with van der Waals surface area (Å²) < 4.78 is 6.88. The maximum absolute atomic E-state index is 12.1. The van der Waals surface area contributed by atoms with Crippen molar-refractivity contribution in [2.75, 3.05) is 7.11 Å². The maximum Gasteiger partial charge on any atom is 0.339 e. The van der Waals surface area contributed by atoms with Gasteiger partial charge in [0.05, 0.1) is 29.6 Å². The van der Waals surface area contributed by atoms with Crippen LogP contribution in [0.25, 0.3) is 5.69 Å². The number of carboxylic acid groups (broad SMARTS) is 1. The number of ether oxygens (including phenoxy) is 1. The Morgan fingerprint density at radius 1 is 1.07 bits per heavy atom. The third kappa shape index (κ3) is 3.71. The van der Waals surface area contributed by atoms with Gasteiger partial charge in [-0.1, -0.05) is 12.1 Å². The normalized spacial score (nSPS) is 11.0. The van der Waals surface area contributed by atoms with E-state index in [4.69, 9.17) is 9.84 Å². The summed E-state index contributed by atoms with van der Waals surface area (Å²) >= 11 is 0. The number of hydrogen-bond donors (Lipinski definition) is 1. The molecule has 1 aromatic heterocycles. The van der Waals surface area contributed by atoms with Crippen molar-refractivity contribution in [2.24, 2.45) is 4.99 Å². The van der Waals surface area contributed by atoms with Crippen LogP contribution in [0.3, 0.4) is 0 Å². The molecule has 0 bridgehead atoms. The topological polar surface area (TPSA) is 80.9 Å². The number of carbonyl (C=O) groups excluding carboxylic acids is 1. The lowest BCUT2D eigenvalue weighted by Gasteiger charge is -2.13. The number of hydrogen-bond acceptors (Lipinski definition) is 4. The molecule has 0 aliphatic heterocycles. The molecule has 0 radical (unpaired) electrons. The molecule has 3 aromatic rings. The zero-order valence-electron chi connectivity index (χ0n) is 15.8. The van der Waals surface area contributed by atoms with Crippen LogP contribution in [0.4, 0.5) is 5.69 Å². The average Bonchev–Trinajstić information content (AvgIpc) is 2.99. The molecule has 0 atom stereocenters. The number of benzene rings is 2. The molecule has 0 unspecified atom stereocenters. The highest BCUT2D eigenvalue weighted by atomic mass is 16.5. The zero-order chi connectivity index (χ0) is 20.3. The van der Waals surface area contributed by atoms with Crippen LogP contribution in [0, 0.1) is 13.8 Å². The van der Waals surface area contributed by atoms with E-state index < -0.39 is 11.9 Å². The second-order valence-electron chi connectivity index (χ2n) is 6.28. The summed E-state index contributed by atoms with van der Waals surface area (Å²) in [5.74, 6) is -1.36. The molecule has 0 aliphatic rings. The molecule has 0 fully saturated rings. The predicted octanol–water partition coefficient (Wildman–Crippen LogP) is 4.33. The van der Waals surface area contributed by atoms with Crippen LogP contribution in [0.2, 0.25) is 0 Å². The largest absolute Gasteiger partial charge is 0.478 e. The van der Waals surface area contributed by atoms with Gasteiger partial charge in [-0.3, -0.25) is 4.99 Å². The Morgan fingerprint density at radius 3 is 2.39 bits per heavy atom. The van der Waals surface area contributed by atoms with Crippen molar-refractivity contribution in [1.82, 2.24) is 4.57 Å². The predicted molar refractivity (Wildman–Crippen MR) is 107 cm³/mol. The van der Waals surface area contributed by atoms with Gasteiger partial charge in [-0.2, -0.15) is 0 Å². The number of methoxy groups -OCH3 is 1. The highest BCUT2D eigenvalue weighted by Gasteiger charge is 2.16. The molecule has 6 nitrogen and oxygen atoms in total. The molecule has 6 heteroatoms. The number of aromatic carboxylic acids is 1. The van der Waals surface area contributed by atoms with Gasteiger partial charge in [-0.05, 0) is 56.3 Å². The second kappa shape index (κ2) is 7.92. The number of esters is 1. The van der Waals surface area contributed by atoms with E-state index in [1.54, 1.807) is 30.5 Å². The van der Waals surface area contributed by atoms with Crippen LogP contribution < -0.4 is 0 Å². The number of rotatable bonds is 5. The molecule has 2 aromatic carbocycles. The molecule has 1 heterocycles. The minimum atomic E-state index is -0.969. The Balaban J connectivity index is 1.97. The first-order valence-corrected chi connectivity index (χ1v) is 8.66. The highest BCUT2D eigenvalue weighted by molar-refractivity contribution is 5.94. The summed E-state index contributed by atoms with van der Waals surface area (Å²) in [4.78, 5) is 27.5. The lowest BCUT2D eigenvalue weighted by atomic mass is 10.1. The number of aliphatic imine (C=N–C) groups is 1. The molecule has 142 valence electrons. The van der Waals surface area contributed by atoms with Gasteiger partial charge in [0, 0.05) is 23.2 Å². The second-order valence-corrected chi connectivity index (χ2v) is 6.28. The van der Waals surface area contributed by atoms with Crippen molar-refractivity contribution < 1.29 is 19.4 Å². The van der Waals surface area contributed by atoms with Crippen molar-refractivity contribution in [3.05, 3.63) is 82.7 Å². The smallest absolute Gasteiger partial charge is 0.339 e. The minimum absolute atomic E-state index is 0.219. The van der Waals surface area contributed by atoms with Crippen LogP contribution in [0.5, 0.6) is 0 Å². The van der Waals surface area contributed by atoms with Crippen molar-refractivity contribution in [3.63, 3.8) is 0 Å². The number of aryl methyl sites for hydroxylation is 1. The van der Waals surface area contributed by atoms with E-state index in [1.807, 2.05) is 36.6 Å². The van der Waals surface area contributed by atoms with Crippen molar-refractivity contribution >= 4 is 23.8 Å². The van der Waals surface area contributed by atoms with Crippen LogP contribution in [-0.2, 0) is 4.74 Å². The Kier molecular flexibility index (Phi) is 5.40. The first-order chi connectivity index (χ1) is 13.4. The molecule has 0 aliphatic carbocycles. The van der Waals surface area contributed by atoms with Gasteiger partial charge in [0.1, 0.15) is 0 Å². The van der Waals surface area contributed by atoms with E-state index in [0.717, 1.165) is 22.6 Å². The van der Waals surface area contributed by atoms with Gasteiger partial charge >= 0.3 is 11.9 Å². The number of aromatic nitrogens is 1. The lowest BCUT2D eigenvalue weighted by molar-refractivity contribution is 0.0599. The summed E-state index contributed by atoms with van der Waals surface area (Å²) in [7, 11) is 1.36. The Bertz CT molecular complexity index is 1060. The van der Waals surface area contributed by atoms with E-state index in [0.29, 0.717) is 11.3 Å². The summed E-state index contributed by atoms with van der Waals surface area (Å²) in [5.41, 5.74) is 4.89. The first kappa shape index (κ1) is 19.1. The Labute approximate surface area is 162 Å². The first-order valence-electron chi connectivity index (χ1n) is 8.66. The molecule has 0 saturated carbocycles. The lowest BCUT2D eigenvalue weighted by Crippen LogP contribution is -2.09. The third-order valence-corrected chi connectivity index (χ3v) is 4.49. The molecule has 0 spiro atoms. The summed E-state index contributed by atoms with van der Waals surface area (Å²) in [6.07, 6.45) is 1.73. The van der Waals surface area contributed by atoms with Crippen molar-refractivity contribution in [2.45, 2.75) is 13.8 Å². The minimum Gasteiger partial charge on any atom is -0.478 e. The van der Waals surface area contributed by atoms with E-state index in [-0.39, 0.29) is 5.56 Å². The quantitative estimate of drug-likeness (QED) is 0.531. The molecule has 0 saturated heterocycles. The monoisotopic (exact) mass is 376 g/mol. The number of carbonyl (C=O) groups is 2. The molecule has 0 amide bonds. The summed E-state index contributed by atoms with van der Waals surface area (Å²) in [5, 5.41) is 8.97. The van der Waals surface area contributed by atoms with Gasteiger partial charge in [0.15, 0.2) is 0 Å².